The number of ether oxygens (including phenoxy) is 1. The molecule has 1 aliphatic heterocycles. The van der Waals surface area contributed by atoms with Gasteiger partial charge < -0.3 is 15.0 Å². The number of hydrogen-bond donors (Lipinski definition) is 1. The first kappa shape index (κ1) is 32.2. The molecule has 2 amide bonds. The number of rotatable bonds is 11. The van der Waals surface area contributed by atoms with Gasteiger partial charge in [0, 0.05) is 43.9 Å². The molecule has 2 aliphatic rings. The summed E-state index contributed by atoms with van der Waals surface area (Å²) in [4.78, 5) is 36.9. The molecule has 13 heteroatoms. The molecule has 1 unspecified atom stereocenters. The Labute approximate surface area is 262 Å². The number of aryl methyl sites for hydroxylation is 1. The maximum absolute atomic E-state index is 15.0. The summed E-state index contributed by atoms with van der Waals surface area (Å²) in [5, 5.41) is 7.64. The Morgan fingerprint density at radius 1 is 1.16 bits per heavy atom. The lowest BCUT2D eigenvalue weighted by molar-refractivity contribution is -0.127. The molecule has 1 aliphatic carbocycles. The van der Waals surface area contributed by atoms with E-state index >= 15 is 4.39 Å². The molecule has 2 fully saturated rings. The maximum atomic E-state index is 15.0. The number of hydrogen-bond acceptors (Lipinski definition) is 6. The fourth-order valence-electron chi connectivity index (χ4n) is 5.62. The first-order valence-electron chi connectivity index (χ1n) is 15.1. The Morgan fingerprint density at radius 2 is 1.93 bits per heavy atom. The Kier molecular flexibility index (Phi) is 9.52. The maximum Gasteiger partial charge on any atom is 0.274 e. The van der Waals surface area contributed by atoms with E-state index < -0.39 is 25.2 Å². The lowest BCUT2D eigenvalue weighted by atomic mass is 9.88. The highest BCUT2D eigenvalue weighted by molar-refractivity contribution is 6.76. The molecule has 1 N–H and O–H groups in total. The average Bonchev–Trinajstić information content (AvgIpc) is 3.60. The third-order valence-electron chi connectivity index (χ3n) is 8.42. The average molecular weight is 645 g/mol. The van der Waals surface area contributed by atoms with E-state index in [1.165, 1.54) is 6.20 Å². The van der Waals surface area contributed by atoms with Gasteiger partial charge in [-0.05, 0) is 56.3 Å². The summed E-state index contributed by atoms with van der Waals surface area (Å²) in [6.45, 7) is 9.89. The molecular weight excluding hydrogens is 606 g/mol. The van der Waals surface area contributed by atoms with E-state index in [0.717, 1.165) is 36.8 Å². The summed E-state index contributed by atoms with van der Waals surface area (Å²) in [6, 6.07) is 5.46. The van der Waals surface area contributed by atoms with Crippen LogP contribution in [0, 0.1) is 17.6 Å². The van der Waals surface area contributed by atoms with Crippen molar-refractivity contribution in [2.45, 2.75) is 83.5 Å². The zero-order valence-electron chi connectivity index (χ0n) is 25.6. The van der Waals surface area contributed by atoms with Gasteiger partial charge in [0.15, 0.2) is 11.5 Å². The predicted molar refractivity (Wildman–Crippen MR) is 166 cm³/mol. The van der Waals surface area contributed by atoms with Crippen molar-refractivity contribution in [3.05, 3.63) is 64.3 Å². The fraction of sp³-hybridized carbons (Fsp3) is 0.516. The number of likely N-dealkylation sites (tertiary alicyclic amines) is 1. The molecule has 3 aromatic heterocycles. The quantitative estimate of drug-likeness (QED) is 0.208. The minimum Gasteiger partial charge on any atom is -0.360 e. The topological polar surface area (TPSA) is 102 Å². The molecule has 9 nitrogen and oxygen atoms in total. The van der Waals surface area contributed by atoms with Crippen LogP contribution in [0.5, 0.6) is 0 Å². The van der Waals surface area contributed by atoms with Gasteiger partial charge in [-0.3, -0.25) is 19.6 Å². The number of nitrogens with zero attached hydrogens (tertiary/aromatic N) is 5. The van der Waals surface area contributed by atoms with Crippen molar-refractivity contribution in [2.24, 2.45) is 5.92 Å². The largest absolute Gasteiger partial charge is 0.360 e. The summed E-state index contributed by atoms with van der Waals surface area (Å²) in [5.41, 5.74) is 1.71. The van der Waals surface area contributed by atoms with Crippen molar-refractivity contribution >= 4 is 31.5 Å². The highest BCUT2D eigenvalue weighted by Gasteiger charge is 2.54. The Bertz CT molecular complexity index is 1540. The summed E-state index contributed by atoms with van der Waals surface area (Å²) in [6.07, 6.45) is 5.50. The smallest absolute Gasteiger partial charge is 0.274 e. The van der Waals surface area contributed by atoms with Crippen molar-refractivity contribution in [1.82, 2.24) is 30.0 Å². The fourth-order valence-corrected chi connectivity index (χ4v) is 6.59. The van der Waals surface area contributed by atoms with Crippen LogP contribution in [0.2, 0.25) is 30.7 Å². The summed E-state index contributed by atoms with van der Waals surface area (Å²) < 4.78 is 35.9. The van der Waals surface area contributed by atoms with E-state index in [2.05, 4.69) is 40.0 Å². The van der Waals surface area contributed by atoms with Crippen LogP contribution in [0.15, 0.2) is 30.6 Å². The molecule has 1 atom stereocenters. The van der Waals surface area contributed by atoms with Crippen molar-refractivity contribution in [3.63, 3.8) is 0 Å². The van der Waals surface area contributed by atoms with Crippen molar-refractivity contribution in [1.29, 1.82) is 0 Å². The number of carbonyl (C=O) groups is 2. The van der Waals surface area contributed by atoms with Gasteiger partial charge in [0.2, 0.25) is 5.91 Å². The van der Waals surface area contributed by atoms with Crippen molar-refractivity contribution in [3.8, 4) is 11.3 Å². The van der Waals surface area contributed by atoms with Crippen LogP contribution in [-0.4, -0.2) is 63.2 Å². The van der Waals surface area contributed by atoms with Crippen molar-refractivity contribution < 1.29 is 23.1 Å². The van der Waals surface area contributed by atoms with Gasteiger partial charge in [-0.15, -0.1) is 0 Å². The number of carbonyl (C=O) groups excluding carboxylic acids is 2. The van der Waals surface area contributed by atoms with Gasteiger partial charge in [0.25, 0.3) is 5.91 Å². The number of amides is 2. The molecule has 0 radical (unpaired) electrons. The number of piperidine rings is 1. The second kappa shape index (κ2) is 13.0. The van der Waals surface area contributed by atoms with Crippen LogP contribution in [0.3, 0.4) is 0 Å². The number of pyridine rings is 2. The Balaban J connectivity index is 1.31. The van der Waals surface area contributed by atoms with Gasteiger partial charge in [-0.1, -0.05) is 38.2 Å². The molecule has 3 aromatic rings. The second-order valence-corrected chi connectivity index (χ2v) is 19.0. The van der Waals surface area contributed by atoms with Crippen molar-refractivity contribution in [2.75, 3.05) is 13.2 Å². The van der Waals surface area contributed by atoms with E-state index in [1.807, 2.05) is 11.8 Å². The van der Waals surface area contributed by atoms with Crippen LogP contribution in [0.25, 0.3) is 11.3 Å². The second-order valence-electron chi connectivity index (χ2n) is 12.9. The zero-order valence-corrected chi connectivity index (χ0v) is 27.4. The summed E-state index contributed by atoms with van der Waals surface area (Å²) in [5.74, 6) is -1.71. The number of nitrogens with one attached hydrogen (secondary N) is 1. The molecule has 44 heavy (non-hydrogen) atoms. The minimum atomic E-state index is -1.31. The molecule has 5 rings (SSSR count). The Morgan fingerprint density at radius 3 is 2.61 bits per heavy atom. The SMILES string of the molecule is CCc1cc(-c2cc(C(=O)N3CCC(C(=O)NCc4ncc(F)cc4Cl)CC34CC4)nn2COCC[Si](C)(C)C)c(F)cn1. The zero-order chi connectivity index (χ0) is 31.6. The monoisotopic (exact) mass is 644 g/mol. The van der Waals surface area contributed by atoms with Crippen LogP contribution >= 0.6 is 11.6 Å². The summed E-state index contributed by atoms with van der Waals surface area (Å²) >= 11 is 6.06. The third-order valence-corrected chi connectivity index (χ3v) is 10.4. The predicted octanol–water partition coefficient (Wildman–Crippen LogP) is 5.85. The highest BCUT2D eigenvalue weighted by atomic mass is 35.5. The molecule has 1 spiro atoms. The normalized spacial score (nSPS) is 17.6. The standard InChI is InChI=1S/C31H39ClF2N6O3Si/c1-5-22-13-23(25(34)17-35-22)28-14-26(38-40(28)19-43-10-11-44(2,3)4)30(42)39-9-6-20(15-31(39)7-8-31)29(41)37-18-27-24(32)12-21(33)16-36-27/h12-14,16-17,20H,5-11,15,18-19H2,1-4H3,(H,37,41). The van der Waals surface area contributed by atoms with E-state index in [1.54, 1.807) is 16.8 Å². The van der Waals surface area contributed by atoms with Gasteiger partial charge in [-0.2, -0.15) is 5.10 Å². The molecule has 1 saturated heterocycles. The number of aromatic nitrogens is 4. The number of halogens is 3. The third kappa shape index (κ3) is 7.35. The molecule has 0 bridgehead atoms. The molecule has 4 heterocycles. The van der Waals surface area contributed by atoms with Gasteiger partial charge >= 0.3 is 0 Å². The van der Waals surface area contributed by atoms with E-state index in [9.17, 15) is 14.0 Å². The summed E-state index contributed by atoms with van der Waals surface area (Å²) in [7, 11) is -1.31. The molecular formula is C31H39ClF2N6O3Si. The highest BCUT2D eigenvalue weighted by Crippen LogP contribution is 2.50. The molecule has 0 aromatic carbocycles. The van der Waals surface area contributed by atoms with Gasteiger partial charge in [-0.25, -0.2) is 13.5 Å². The lowest BCUT2D eigenvalue weighted by Gasteiger charge is -2.39. The van der Waals surface area contributed by atoms with Crippen LogP contribution in [-0.2, 0) is 29.2 Å². The first-order chi connectivity index (χ1) is 20.9. The lowest BCUT2D eigenvalue weighted by Crippen LogP contribution is -2.50. The van der Waals surface area contributed by atoms with Crippen LogP contribution < -0.4 is 5.32 Å². The van der Waals surface area contributed by atoms with Crippen LogP contribution in [0.4, 0.5) is 8.78 Å². The van der Waals surface area contributed by atoms with Gasteiger partial charge in [0.1, 0.15) is 12.5 Å². The molecule has 1 saturated carbocycles. The van der Waals surface area contributed by atoms with Crippen LogP contribution in [0.1, 0.15) is 54.5 Å². The first-order valence-corrected chi connectivity index (χ1v) is 19.2. The van der Waals surface area contributed by atoms with E-state index in [0.29, 0.717) is 49.4 Å². The Hall–Kier alpha value is -3.22. The van der Waals surface area contributed by atoms with E-state index in [4.69, 9.17) is 16.3 Å². The minimum absolute atomic E-state index is 0.0929. The van der Waals surface area contributed by atoms with Gasteiger partial charge in [0.05, 0.1) is 35.3 Å². The molecule has 236 valence electrons. The van der Waals surface area contributed by atoms with E-state index in [-0.39, 0.29) is 41.7 Å².